The molecule has 0 radical (unpaired) electrons. The number of para-hydroxylation sites is 1. The van der Waals surface area contributed by atoms with Gasteiger partial charge in [0.25, 0.3) is 0 Å². The van der Waals surface area contributed by atoms with Crippen molar-refractivity contribution >= 4 is 50.7 Å². The van der Waals surface area contributed by atoms with Gasteiger partial charge in [-0.1, -0.05) is 30.3 Å². The topological polar surface area (TPSA) is 86.3 Å². The summed E-state index contributed by atoms with van der Waals surface area (Å²) in [7, 11) is -3.15. The van der Waals surface area contributed by atoms with Crippen LogP contribution in [0.1, 0.15) is 23.6 Å². The Morgan fingerprint density at radius 3 is 2.48 bits per heavy atom. The first-order chi connectivity index (χ1) is 14.4. The fraction of sp³-hybridized carbons (Fsp3) is 0.348. The summed E-state index contributed by atoms with van der Waals surface area (Å²) in [6.07, 6.45) is 4.96. The van der Waals surface area contributed by atoms with E-state index in [4.69, 9.17) is 4.99 Å². The van der Waals surface area contributed by atoms with Gasteiger partial charge in [-0.15, -0.1) is 24.0 Å². The van der Waals surface area contributed by atoms with Gasteiger partial charge >= 0.3 is 0 Å². The standard InChI is InChI=1S/C23H30N4O2S.HI/c1-4-24-23(25-14-12-18-8-10-20(11-9-18)30(3,28)29)26-15-13-19-16-27-22-17(2)6-5-7-21(19)22;/h5-11,16,27H,4,12-15H2,1-3H3,(H2,24,25,26);1H. The second-order valence-electron chi connectivity index (χ2n) is 7.41. The smallest absolute Gasteiger partial charge is 0.191 e. The number of aliphatic imine (C=N–C) groups is 1. The number of guanidine groups is 1. The Hall–Kier alpha value is -2.07. The zero-order chi connectivity index (χ0) is 21.6. The fourth-order valence-corrected chi connectivity index (χ4v) is 4.06. The number of aromatic nitrogens is 1. The molecule has 31 heavy (non-hydrogen) atoms. The molecule has 2 aromatic carbocycles. The van der Waals surface area contributed by atoms with E-state index in [1.807, 2.05) is 19.1 Å². The summed E-state index contributed by atoms with van der Waals surface area (Å²) in [5.74, 6) is 0.793. The molecule has 168 valence electrons. The fourth-order valence-electron chi connectivity index (χ4n) is 3.43. The third-order valence-electron chi connectivity index (χ3n) is 5.06. The van der Waals surface area contributed by atoms with E-state index in [1.54, 1.807) is 12.1 Å². The number of fused-ring (bicyclic) bond motifs is 1. The van der Waals surface area contributed by atoms with Gasteiger partial charge in [-0.05, 0) is 55.5 Å². The summed E-state index contributed by atoms with van der Waals surface area (Å²) in [5, 5.41) is 7.89. The van der Waals surface area contributed by atoms with Crippen LogP contribution in [0.15, 0.2) is 58.5 Å². The Kier molecular flexibility index (Phi) is 9.36. The lowest BCUT2D eigenvalue weighted by Crippen LogP contribution is -2.38. The lowest BCUT2D eigenvalue weighted by Gasteiger charge is -2.11. The second kappa shape index (κ2) is 11.5. The third kappa shape index (κ3) is 6.96. The summed E-state index contributed by atoms with van der Waals surface area (Å²) >= 11 is 0. The molecule has 3 rings (SSSR count). The van der Waals surface area contributed by atoms with Crippen LogP contribution in [0, 0.1) is 6.92 Å². The lowest BCUT2D eigenvalue weighted by atomic mass is 10.1. The van der Waals surface area contributed by atoms with Crippen molar-refractivity contribution in [2.75, 3.05) is 25.9 Å². The van der Waals surface area contributed by atoms with Crippen LogP contribution in [0.2, 0.25) is 0 Å². The van der Waals surface area contributed by atoms with Gasteiger partial charge in [0.05, 0.1) is 4.90 Å². The van der Waals surface area contributed by atoms with Gasteiger partial charge in [-0.25, -0.2) is 8.42 Å². The van der Waals surface area contributed by atoms with Gasteiger partial charge in [0.2, 0.25) is 0 Å². The SMILES string of the molecule is CCNC(=NCCc1c[nH]c2c(C)cccc12)NCCc1ccc(S(C)(=O)=O)cc1.I. The minimum atomic E-state index is -3.15. The van der Waals surface area contributed by atoms with Crippen LogP contribution in [-0.2, 0) is 22.7 Å². The Morgan fingerprint density at radius 1 is 1.06 bits per heavy atom. The number of aromatic amines is 1. The number of halogens is 1. The molecule has 0 saturated heterocycles. The van der Waals surface area contributed by atoms with Crippen LogP contribution in [0.3, 0.4) is 0 Å². The first-order valence-electron chi connectivity index (χ1n) is 10.2. The third-order valence-corrected chi connectivity index (χ3v) is 6.19. The van der Waals surface area contributed by atoms with Crippen LogP contribution in [-0.4, -0.2) is 45.3 Å². The molecule has 3 N–H and O–H groups in total. The molecule has 1 aromatic heterocycles. The van der Waals surface area contributed by atoms with Crippen molar-refractivity contribution in [3.63, 3.8) is 0 Å². The molecular formula is C23H31IN4O2S. The maximum Gasteiger partial charge on any atom is 0.191 e. The Labute approximate surface area is 201 Å². The number of rotatable bonds is 8. The molecule has 8 heteroatoms. The van der Waals surface area contributed by atoms with Gasteiger partial charge < -0.3 is 15.6 Å². The molecule has 0 spiro atoms. The molecular weight excluding hydrogens is 523 g/mol. The quantitative estimate of drug-likeness (QED) is 0.225. The molecule has 0 saturated carbocycles. The Morgan fingerprint density at radius 2 is 1.81 bits per heavy atom. The summed E-state index contributed by atoms with van der Waals surface area (Å²) < 4.78 is 23.1. The van der Waals surface area contributed by atoms with Crippen LogP contribution in [0.25, 0.3) is 10.9 Å². The lowest BCUT2D eigenvalue weighted by molar-refractivity contribution is 0.602. The molecule has 0 atom stereocenters. The van der Waals surface area contributed by atoms with Gasteiger partial charge in [0.1, 0.15) is 0 Å². The van der Waals surface area contributed by atoms with Gasteiger partial charge in [0, 0.05) is 43.0 Å². The van der Waals surface area contributed by atoms with Crippen LogP contribution < -0.4 is 10.6 Å². The van der Waals surface area contributed by atoms with E-state index < -0.39 is 9.84 Å². The number of nitrogens with zero attached hydrogens (tertiary/aromatic N) is 1. The average Bonchev–Trinajstić information content (AvgIpc) is 3.12. The summed E-state index contributed by atoms with van der Waals surface area (Å²) in [6, 6.07) is 13.4. The van der Waals surface area contributed by atoms with Crippen molar-refractivity contribution in [1.29, 1.82) is 0 Å². The van der Waals surface area contributed by atoms with E-state index in [2.05, 4.69) is 46.9 Å². The number of benzene rings is 2. The summed E-state index contributed by atoms with van der Waals surface area (Å²) in [4.78, 5) is 8.41. The minimum Gasteiger partial charge on any atom is -0.361 e. The van der Waals surface area contributed by atoms with E-state index in [-0.39, 0.29) is 24.0 Å². The van der Waals surface area contributed by atoms with Crippen molar-refractivity contribution < 1.29 is 8.42 Å². The number of hydrogen-bond donors (Lipinski definition) is 3. The van der Waals surface area contributed by atoms with Crippen molar-refractivity contribution in [2.45, 2.75) is 31.6 Å². The number of nitrogens with one attached hydrogen (secondary N) is 3. The van der Waals surface area contributed by atoms with Crippen LogP contribution >= 0.6 is 24.0 Å². The maximum absolute atomic E-state index is 11.6. The second-order valence-corrected chi connectivity index (χ2v) is 9.43. The Bertz CT molecular complexity index is 1120. The highest BCUT2D eigenvalue weighted by Gasteiger charge is 2.07. The number of H-pyrrole nitrogens is 1. The highest BCUT2D eigenvalue weighted by atomic mass is 127. The largest absolute Gasteiger partial charge is 0.361 e. The van der Waals surface area contributed by atoms with Crippen molar-refractivity contribution in [3.05, 3.63) is 65.4 Å². The van der Waals surface area contributed by atoms with E-state index in [9.17, 15) is 8.42 Å². The molecule has 0 aliphatic carbocycles. The van der Waals surface area contributed by atoms with Crippen molar-refractivity contribution in [1.82, 2.24) is 15.6 Å². The highest BCUT2D eigenvalue weighted by molar-refractivity contribution is 14.0. The van der Waals surface area contributed by atoms with Crippen LogP contribution in [0.4, 0.5) is 0 Å². The van der Waals surface area contributed by atoms with E-state index in [0.29, 0.717) is 11.4 Å². The molecule has 0 unspecified atom stereocenters. The van der Waals surface area contributed by atoms with Gasteiger partial charge in [0.15, 0.2) is 15.8 Å². The monoisotopic (exact) mass is 554 g/mol. The zero-order valence-electron chi connectivity index (χ0n) is 18.2. The highest BCUT2D eigenvalue weighted by Crippen LogP contribution is 2.21. The number of sulfone groups is 1. The molecule has 0 aliphatic rings. The number of aryl methyl sites for hydroxylation is 1. The summed E-state index contributed by atoms with van der Waals surface area (Å²) in [6.45, 7) is 6.36. The van der Waals surface area contributed by atoms with E-state index in [0.717, 1.165) is 37.5 Å². The maximum atomic E-state index is 11.6. The molecule has 6 nitrogen and oxygen atoms in total. The molecule has 3 aromatic rings. The predicted octanol–water partition coefficient (Wildman–Crippen LogP) is 3.84. The minimum absolute atomic E-state index is 0. The zero-order valence-corrected chi connectivity index (χ0v) is 21.4. The predicted molar refractivity (Wildman–Crippen MR) is 139 cm³/mol. The van der Waals surface area contributed by atoms with E-state index in [1.165, 1.54) is 28.3 Å². The van der Waals surface area contributed by atoms with Crippen molar-refractivity contribution in [2.24, 2.45) is 4.99 Å². The first-order valence-corrected chi connectivity index (χ1v) is 12.1. The first kappa shape index (κ1) is 25.2. The normalized spacial score (nSPS) is 11.9. The number of hydrogen-bond acceptors (Lipinski definition) is 3. The molecule has 0 fully saturated rings. The average molecular weight is 554 g/mol. The molecule has 1 heterocycles. The Balaban J connectivity index is 0.00000341. The molecule has 0 amide bonds. The van der Waals surface area contributed by atoms with E-state index >= 15 is 0 Å². The van der Waals surface area contributed by atoms with Gasteiger partial charge in [-0.3, -0.25) is 4.99 Å². The van der Waals surface area contributed by atoms with Crippen molar-refractivity contribution in [3.8, 4) is 0 Å². The summed E-state index contributed by atoms with van der Waals surface area (Å²) in [5.41, 5.74) is 4.81. The molecule has 0 bridgehead atoms. The van der Waals surface area contributed by atoms with Crippen LogP contribution in [0.5, 0.6) is 0 Å². The molecule has 0 aliphatic heterocycles. The van der Waals surface area contributed by atoms with Gasteiger partial charge in [-0.2, -0.15) is 0 Å².